The van der Waals surface area contributed by atoms with E-state index in [0.29, 0.717) is 0 Å². The van der Waals surface area contributed by atoms with Crippen LogP contribution < -0.4 is 4.74 Å². The maximum absolute atomic E-state index is 5.56. The van der Waals surface area contributed by atoms with Gasteiger partial charge in [-0.05, 0) is 23.1 Å². The Labute approximate surface area is 141 Å². The summed E-state index contributed by atoms with van der Waals surface area (Å²) < 4.78 is 5.56. The van der Waals surface area contributed by atoms with Crippen molar-refractivity contribution in [3.05, 3.63) is 85.1 Å². The van der Waals surface area contributed by atoms with E-state index in [2.05, 4.69) is 48.5 Å². The molecule has 1 aromatic heterocycles. The van der Waals surface area contributed by atoms with Crippen LogP contribution in [-0.4, -0.2) is 12.1 Å². The van der Waals surface area contributed by atoms with Gasteiger partial charge in [0.2, 0.25) is 0 Å². The largest absolute Gasteiger partial charge is 0.496 e. The van der Waals surface area contributed by atoms with Crippen molar-refractivity contribution in [2.75, 3.05) is 7.11 Å². The molecule has 0 saturated carbocycles. The summed E-state index contributed by atoms with van der Waals surface area (Å²) in [5.41, 5.74) is 4.24. The fourth-order valence-electron chi connectivity index (χ4n) is 3.10. The number of hydrogen-bond donors (Lipinski definition) is 0. The normalized spacial score (nSPS) is 10.7. The van der Waals surface area contributed by atoms with Crippen molar-refractivity contribution in [2.24, 2.45) is 0 Å². The summed E-state index contributed by atoms with van der Waals surface area (Å²) in [5, 5.41) is 2.33. The van der Waals surface area contributed by atoms with E-state index in [1.54, 1.807) is 7.11 Å². The third-order valence-electron chi connectivity index (χ3n) is 4.22. The van der Waals surface area contributed by atoms with Crippen molar-refractivity contribution < 1.29 is 4.74 Å². The van der Waals surface area contributed by atoms with E-state index < -0.39 is 0 Å². The Bertz CT molecular complexity index is 993. The molecule has 0 radical (unpaired) electrons. The monoisotopic (exact) mass is 311 g/mol. The average molecular weight is 311 g/mol. The summed E-state index contributed by atoms with van der Waals surface area (Å²) in [6.07, 6.45) is 1.93. The Morgan fingerprint density at radius 3 is 2.29 bits per heavy atom. The second-order valence-electron chi connectivity index (χ2n) is 5.64. The number of rotatable bonds is 3. The lowest BCUT2D eigenvalue weighted by Crippen LogP contribution is -1.94. The first-order valence-corrected chi connectivity index (χ1v) is 7.95. The van der Waals surface area contributed by atoms with Crippen LogP contribution in [0.5, 0.6) is 5.75 Å². The lowest BCUT2D eigenvalue weighted by molar-refractivity contribution is 0.416. The Hall–Kier alpha value is -3.13. The first-order valence-electron chi connectivity index (χ1n) is 7.95. The molecular weight excluding hydrogens is 294 g/mol. The molecule has 0 unspecified atom stereocenters. The number of para-hydroxylation sites is 1. The van der Waals surface area contributed by atoms with Crippen LogP contribution in [0.1, 0.15) is 0 Å². The van der Waals surface area contributed by atoms with Crippen molar-refractivity contribution >= 4 is 10.8 Å². The van der Waals surface area contributed by atoms with Crippen LogP contribution in [0, 0.1) is 0 Å². The molecule has 2 heteroatoms. The molecule has 0 bridgehead atoms. The van der Waals surface area contributed by atoms with Crippen LogP contribution in [0.2, 0.25) is 0 Å². The number of methoxy groups -OCH3 is 1. The van der Waals surface area contributed by atoms with Gasteiger partial charge in [-0.2, -0.15) is 0 Å². The molecule has 0 aliphatic rings. The average Bonchev–Trinajstić information content (AvgIpc) is 2.67. The highest BCUT2D eigenvalue weighted by atomic mass is 16.5. The van der Waals surface area contributed by atoms with Gasteiger partial charge in [0.25, 0.3) is 0 Å². The van der Waals surface area contributed by atoms with Crippen LogP contribution in [0.3, 0.4) is 0 Å². The van der Waals surface area contributed by atoms with Gasteiger partial charge >= 0.3 is 0 Å². The van der Waals surface area contributed by atoms with Crippen molar-refractivity contribution in [2.45, 2.75) is 0 Å². The number of fused-ring (bicyclic) bond motifs is 1. The summed E-state index contributed by atoms with van der Waals surface area (Å²) in [6, 6.07) is 26.8. The molecule has 4 rings (SSSR count). The molecule has 0 atom stereocenters. The summed E-state index contributed by atoms with van der Waals surface area (Å²) in [7, 11) is 1.70. The Morgan fingerprint density at radius 1 is 0.750 bits per heavy atom. The zero-order chi connectivity index (χ0) is 16.4. The molecule has 0 saturated heterocycles. The van der Waals surface area contributed by atoms with Gasteiger partial charge in [-0.3, -0.25) is 4.98 Å². The maximum atomic E-state index is 5.56. The molecule has 0 N–H and O–H groups in total. The summed E-state index contributed by atoms with van der Waals surface area (Å²) in [5.74, 6) is 0.831. The molecule has 3 aromatic carbocycles. The van der Waals surface area contributed by atoms with Gasteiger partial charge in [-0.25, -0.2) is 0 Å². The van der Waals surface area contributed by atoms with Gasteiger partial charge in [-0.1, -0.05) is 66.7 Å². The van der Waals surface area contributed by atoms with E-state index in [9.17, 15) is 0 Å². The number of ether oxygens (including phenoxy) is 1. The van der Waals surface area contributed by atoms with Crippen LogP contribution in [0.15, 0.2) is 85.1 Å². The van der Waals surface area contributed by atoms with Gasteiger partial charge < -0.3 is 4.74 Å². The predicted octanol–water partition coefficient (Wildman–Crippen LogP) is 5.58. The van der Waals surface area contributed by atoms with E-state index in [1.807, 2.05) is 36.5 Å². The number of aromatic nitrogens is 1. The smallest absolute Gasteiger partial charge is 0.128 e. The number of pyridine rings is 1. The van der Waals surface area contributed by atoms with Crippen molar-refractivity contribution in [3.8, 4) is 28.1 Å². The van der Waals surface area contributed by atoms with Crippen molar-refractivity contribution in [1.29, 1.82) is 0 Å². The first-order chi connectivity index (χ1) is 11.9. The molecule has 1 heterocycles. The SMILES string of the molecule is COc1ccccc1-c1ncc2ccccc2c1-c1ccccc1. The fraction of sp³-hybridized carbons (Fsp3) is 0.0455. The zero-order valence-corrected chi connectivity index (χ0v) is 13.4. The summed E-state index contributed by atoms with van der Waals surface area (Å²) >= 11 is 0. The molecule has 0 spiro atoms. The van der Waals surface area contributed by atoms with E-state index in [4.69, 9.17) is 9.72 Å². The second-order valence-corrected chi connectivity index (χ2v) is 5.64. The van der Waals surface area contributed by atoms with Crippen LogP contribution in [0.25, 0.3) is 33.2 Å². The minimum absolute atomic E-state index is 0.831. The molecule has 0 aliphatic heterocycles. The lowest BCUT2D eigenvalue weighted by Gasteiger charge is -2.15. The van der Waals surface area contributed by atoms with Gasteiger partial charge in [0, 0.05) is 22.7 Å². The molecule has 0 aliphatic carbocycles. The third-order valence-corrected chi connectivity index (χ3v) is 4.22. The summed E-state index contributed by atoms with van der Waals surface area (Å²) in [6.45, 7) is 0. The van der Waals surface area contributed by atoms with Gasteiger partial charge in [0.15, 0.2) is 0 Å². The Morgan fingerprint density at radius 2 is 1.46 bits per heavy atom. The highest BCUT2D eigenvalue weighted by molar-refractivity contribution is 6.02. The maximum Gasteiger partial charge on any atom is 0.128 e. The minimum Gasteiger partial charge on any atom is -0.496 e. The minimum atomic E-state index is 0.831. The summed E-state index contributed by atoms with van der Waals surface area (Å²) in [4.78, 5) is 4.78. The number of nitrogens with zero attached hydrogens (tertiary/aromatic N) is 1. The quantitative estimate of drug-likeness (QED) is 0.493. The van der Waals surface area contributed by atoms with Gasteiger partial charge in [0.1, 0.15) is 5.75 Å². The number of hydrogen-bond acceptors (Lipinski definition) is 2. The molecular formula is C22H17NO. The fourth-order valence-corrected chi connectivity index (χ4v) is 3.10. The number of benzene rings is 3. The topological polar surface area (TPSA) is 22.1 Å². The van der Waals surface area contributed by atoms with Crippen LogP contribution in [-0.2, 0) is 0 Å². The molecule has 2 nitrogen and oxygen atoms in total. The standard InChI is InChI=1S/C22H17NO/c1-24-20-14-8-7-13-19(20)22-21(16-9-3-2-4-10-16)18-12-6-5-11-17(18)15-23-22/h2-15H,1H3. The second kappa shape index (κ2) is 6.17. The highest BCUT2D eigenvalue weighted by Crippen LogP contribution is 2.39. The van der Waals surface area contributed by atoms with Gasteiger partial charge in [0.05, 0.1) is 12.8 Å². The molecule has 24 heavy (non-hydrogen) atoms. The molecule has 4 aromatic rings. The van der Waals surface area contributed by atoms with E-state index in [1.165, 1.54) is 5.39 Å². The van der Waals surface area contributed by atoms with Gasteiger partial charge in [-0.15, -0.1) is 0 Å². The molecule has 116 valence electrons. The predicted molar refractivity (Wildman–Crippen MR) is 99.2 cm³/mol. The third kappa shape index (κ3) is 2.42. The lowest BCUT2D eigenvalue weighted by atomic mass is 9.94. The van der Waals surface area contributed by atoms with E-state index in [-0.39, 0.29) is 0 Å². The van der Waals surface area contributed by atoms with E-state index in [0.717, 1.165) is 33.5 Å². The van der Waals surface area contributed by atoms with Crippen molar-refractivity contribution in [3.63, 3.8) is 0 Å². The Kier molecular flexibility index (Phi) is 3.72. The first kappa shape index (κ1) is 14.5. The van der Waals surface area contributed by atoms with E-state index >= 15 is 0 Å². The van der Waals surface area contributed by atoms with Crippen LogP contribution in [0.4, 0.5) is 0 Å². The van der Waals surface area contributed by atoms with Crippen molar-refractivity contribution in [1.82, 2.24) is 4.98 Å². The Balaban J connectivity index is 2.10. The highest BCUT2D eigenvalue weighted by Gasteiger charge is 2.15. The van der Waals surface area contributed by atoms with Crippen LogP contribution >= 0.6 is 0 Å². The molecule has 0 amide bonds. The zero-order valence-electron chi connectivity index (χ0n) is 13.4. The molecule has 0 fully saturated rings.